The van der Waals surface area contributed by atoms with Crippen LogP contribution in [0.15, 0.2) is 48.5 Å². The van der Waals surface area contributed by atoms with Gasteiger partial charge in [0.1, 0.15) is 0 Å². The van der Waals surface area contributed by atoms with Crippen molar-refractivity contribution in [2.75, 3.05) is 10.0 Å². The molecule has 1 atom stereocenters. The van der Waals surface area contributed by atoms with Crippen LogP contribution in [-0.2, 0) is 16.6 Å². The number of anilines is 2. The first-order valence-corrected chi connectivity index (χ1v) is 10.3. The van der Waals surface area contributed by atoms with E-state index in [1.165, 1.54) is 5.56 Å². The van der Waals surface area contributed by atoms with E-state index in [0.29, 0.717) is 18.2 Å². The van der Waals surface area contributed by atoms with Crippen LogP contribution in [-0.4, -0.2) is 13.7 Å². The number of rotatable bonds is 8. The number of hydrogen-bond donors (Lipinski definition) is 2. The summed E-state index contributed by atoms with van der Waals surface area (Å²) in [6.07, 6.45) is 1.14. The highest BCUT2D eigenvalue weighted by molar-refractivity contribution is 7.93. The summed E-state index contributed by atoms with van der Waals surface area (Å²) >= 11 is 0. The molecule has 5 heteroatoms. The second kappa shape index (κ2) is 8.39. The summed E-state index contributed by atoms with van der Waals surface area (Å²) in [6.45, 7) is 8.44. The summed E-state index contributed by atoms with van der Waals surface area (Å²) in [6, 6.07) is 16.0. The molecule has 0 aliphatic heterocycles. The quantitative estimate of drug-likeness (QED) is 0.699. The summed E-state index contributed by atoms with van der Waals surface area (Å²) in [4.78, 5) is 0. The Balaban J connectivity index is 1.93. The van der Waals surface area contributed by atoms with E-state index < -0.39 is 15.3 Å². The molecule has 0 spiro atoms. The van der Waals surface area contributed by atoms with Crippen LogP contribution < -0.4 is 10.0 Å². The number of benzene rings is 2. The van der Waals surface area contributed by atoms with Gasteiger partial charge < -0.3 is 5.32 Å². The molecule has 25 heavy (non-hydrogen) atoms. The maximum Gasteiger partial charge on any atom is 0.235 e. The van der Waals surface area contributed by atoms with E-state index in [0.717, 1.165) is 17.7 Å². The number of nitrogens with one attached hydrogen (secondary N) is 2. The van der Waals surface area contributed by atoms with E-state index in [1.54, 1.807) is 26.0 Å². The second-order valence-corrected chi connectivity index (χ2v) is 8.91. The van der Waals surface area contributed by atoms with E-state index in [4.69, 9.17) is 0 Å². The minimum absolute atomic E-state index is 0.452. The molecule has 2 aromatic rings. The minimum Gasteiger partial charge on any atom is -0.381 e. The molecule has 2 aromatic carbocycles. The van der Waals surface area contributed by atoms with Crippen molar-refractivity contribution in [2.45, 2.75) is 51.8 Å². The SMILES string of the molecule is CCC(C)c1ccc(NCc2ccc(NS(=O)(=O)C(C)C)cc2)cc1. The molecule has 0 saturated carbocycles. The molecule has 0 fully saturated rings. The lowest BCUT2D eigenvalue weighted by atomic mass is 9.99. The summed E-state index contributed by atoms with van der Waals surface area (Å²) in [7, 11) is -3.30. The van der Waals surface area contributed by atoms with Gasteiger partial charge in [-0.3, -0.25) is 4.72 Å². The van der Waals surface area contributed by atoms with Crippen molar-refractivity contribution in [3.05, 3.63) is 59.7 Å². The molecule has 2 N–H and O–H groups in total. The third kappa shape index (κ3) is 5.49. The van der Waals surface area contributed by atoms with Gasteiger partial charge in [-0.25, -0.2) is 8.42 Å². The van der Waals surface area contributed by atoms with Gasteiger partial charge in [-0.2, -0.15) is 0 Å². The van der Waals surface area contributed by atoms with Crippen molar-refractivity contribution in [3.8, 4) is 0 Å². The van der Waals surface area contributed by atoms with Crippen LogP contribution in [0.5, 0.6) is 0 Å². The molecule has 0 bridgehead atoms. The predicted octanol–water partition coefficient (Wildman–Crippen LogP) is 4.96. The van der Waals surface area contributed by atoms with Crippen LogP contribution in [0.25, 0.3) is 0 Å². The number of sulfonamides is 1. The van der Waals surface area contributed by atoms with E-state index in [-0.39, 0.29) is 0 Å². The first-order valence-electron chi connectivity index (χ1n) is 8.76. The fourth-order valence-corrected chi connectivity index (χ4v) is 3.04. The van der Waals surface area contributed by atoms with Crippen molar-refractivity contribution in [3.63, 3.8) is 0 Å². The molecule has 0 aromatic heterocycles. The third-order valence-electron chi connectivity index (χ3n) is 4.42. The second-order valence-electron chi connectivity index (χ2n) is 6.68. The molecular weight excluding hydrogens is 332 g/mol. The van der Waals surface area contributed by atoms with Crippen LogP contribution in [0.1, 0.15) is 51.2 Å². The van der Waals surface area contributed by atoms with Gasteiger partial charge in [-0.1, -0.05) is 38.1 Å². The molecule has 0 aliphatic rings. The third-order valence-corrected chi connectivity index (χ3v) is 6.18. The fraction of sp³-hybridized carbons (Fsp3) is 0.400. The number of hydrogen-bond acceptors (Lipinski definition) is 3. The lowest BCUT2D eigenvalue weighted by molar-refractivity contribution is 0.593. The van der Waals surface area contributed by atoms with Crippen molar-refractivity contribution >= 4 is 21.4 Å². The highest BCUT2D eigenvalue weighted by atomic mass is 32.2. The van der Waals surface area contributed by atoms with Crippen LogP contribution in [0, 0.1) is 0 Å². The van der Waals surface area contributed by atoms with Crippen molar-refractivity contribution in [1.29, 1.82) is 0 Å². The maximum atomic E-state index is 11.9. The zero-order valence-electron chi connectivity index (χ0n) is 15.4. The summed E-state index contributed by atoms with van der Waals surface area (Å²) in [5.74, 6) is 0.580. The zero-order chi connectivity index (χ0) is 18.4. The van der Waals surface area contributed by atoms with Gasteiger partial charge in [0.25, 0.3) is 0 Å². The largest absolute Gasteiger partial charge is 0.381 e. The zero-order valence-corrected chi connectivity index (χ0v) is 16.2. The molecule has 0 amide bonds. The maximum absolute atomic E-state index is 11.9. The van der Waals surface area contributed by atoms with Gasteiger partial charge in [-0.05, 0) is 61.6 Å². The Hall–Kier alpha value is -2.01. The van der Waals surface area contributed by atoms with E-state index in [9.17, 15) is 8.42 Å². The molecule has 2 rings (SSSR count). The predicted molar refractivity (Wildman–Crippen MR) is 107 cm³/mol. The minimum atomic E-state index is -3.30. The van der Waals surface area contributed by atoms with Crippen molar-refractivity contribution in [1.82, 2.24) is 0 Å². The smallest absolute Gasteiger partial charge is 0.235 e. The molecule has 1 unspecified atom stereocenters. The van der Waals surface area contributed by atoms with Crippen LogP contribution >= 0.6 is 0 Å². The fourth-order valence-electron chi connectivity index (χ4n) is 2.34. The van der Waals surface area contributed by atoms with Crippen molar-refractivity contribution < 1.29 is 8.42 Å². The van der Waals surface area contributed by atoms with Crippen LogP contribution in [0.3, 0.4) is 0 Å². The molecule has 0 aliphatic carbocycles. The Bertz CT molecular complexity index is 766. The lowest BCUT2D eigenvalue weighted by Crippen LogP contribution is -2.22. The highest BCUT2D eigenvalue weighted by Crippen LogP contribution is 2.21. The molecule has 0 radical (unpaired) electrons. The van der Waals surface area contributed by atoms with Crippen LogP contribution in [0.4, 0.5) is 11.4 Å². The van der Waals surface area contributed by atoms with E-state index >= 15 is 0 Å². The molecular formula is C20H28N2O2S. The Kier molecular flexibility index (Phi) is 6.48. The van der Waals surface area contributed by atoms with Crippen molar-refractivity contribution in [2.24, 2.45) is 0 Å². The first-order chi connectivity index (χ1) is 11.8. The normalized spacial score (nSPS) is 12.8. The van der Waals surface area contributed by atoms with Gasteiger partial charge >= 0.3 is 0 Å². The molecule has 136 valence electrons. The monoisotopic (exact) mass is 360 g/mol. The lowest BCUT2D eigenvalue weighted by Gasteiger charge is -2.12. The average Bonchev–Trinajstić information content (AvgIpc) is 2.60. The summed E-state index contributed by atoms with van der Waals surface area (Å²) in [5.41, 5.74) is 4.13. The highest BCUT2D eigenvalue weighted by Gasteiger charge is 2.15. The van der Waals surface area contributed by atoms with Gasteiger partial charge in [-0.15, -0.1) is 0 Å². The molecule has 0 saturated heterocycles. The Morgan fingerprint density at radius 1 is 0.880 bits per heavy atom. The Morgan fingerprint density at radius 3 is 1.96 bits per heavy atom. The van der Waals surface area contributed by atoms with Gasteiger partial charge in [0.05, 0.1) is 5.25 Å². The first kappa shape index (κ1) is 19.3. The summed E-state index contributed by atoms with van der Waals surface area (Å²) in [5, 5.41) is 2.94. The Labute approximate surface area is 151 Å². The molecule has 0 heterocycles. The summed E-state index contributed by atoms with van der Waals surface area (Å²) < 4.78 is 26.3. The topological polar surface area (TPSA) is 58.2 Å². The van der Waals surface area contributed by atoms with Gasteiger partial charge in [0.2, 0.25) is 10.0 Å². The Morgan fingerprint density at radius 2 is 1.44 bits per heavy atom. The van der Waals surface area contributed by atoms with Gasteiger partial charge in [0.15, 0.2) is 0 Å². The standard InChI is InChI=1S/C20H28N2O2S/c1-5-16(4)18-8-12-19(13-9-18)21-14-17-6-10-20(11-7-17)22-25(23,24)15(2)3/h6-13,15-16,21-22H,5,14H2,1-4H3. The molecule has 4 nitrogen and oxygen atoms in total. The van der Waals surface area contributed by atoms with E-state index in [2.05, 4.69) is 48.2 Å². The average molecular weight is 361 g/mol. The van der Waals surface area contributed by atoms with Crippen LogP contribution in [0.2, 0.25) is 0 Å². The van der Waals surface area contributed by atoms with E-state index in [1.807, 2.05) is 12.1 Å². The van der Waals surface area contributed by atoms with Gasteiger partial charge in [0, 0.05) is 17.9 Å².